The molecule has 4 nitrogen and oxygen atoms in total. The minimum Gasteiger partial charge on any atom is -0.225 e. The van der Waals surface area contributed by atoms with Gasteiger partial charge in [-0.05, 0) is 65.8 Å². The Hall–Kier alpha value is -2.49. The normalized spacial score (nSPS) is 14.7. The van der Waals surface area contributed by atoms with E-state index in [9.17, 15) is 12.8 Å². The first-order valence-corrected chi connectivity index (χ1v) is 9.00. The molecule has 122 valence electrons. The van der Waals surface area contributed by atoms with Crippen LogP contribution in [0.15, 0.2) is 47.4 Å². The van der Waals surface area contributed by atoms with Gasteiger partial charge in [0.05, 0.1) is 11.6 Å². The maximum Gasteiger partial charge on any atom is 0.240 e. The van der Waals surface area contributed by atoms with Crippen molar-refractivity contribution in [3.05, 3.63) is 65.0 Å². The molecule has 0 fully saturated rings. The van der Waals surface area contributed by atoms with Gasteiger partial charge in [-0.15, -0.1) is 0 Å². The highest BCUT2D eigenvalue weighted by Gasteiger charge is 2.20. The van der Waals surface area contributed by atoms with Crippen LogP contribution in [0.2, 0.25) is 0 Å². The van der Waals surface area contributed by atoms with Gasteiger partial charge in [-0.3, -0.25) is 0 Å². The number of rotatable bonds is 3. The molecular formula is C18H15FN2O2S. The molecule has 2 aromatic rings. The van der Waals surface area contributed by atoms with E-state index in [-0.39, 0.29) is 0 Å². The first-order chi connectivity index (χ1) is 11.4. The van der Waals surface area contributed by atoms with Crippen molar-refractivity contribution in [1.29, 1.82) is 5.26 Å². The highest BCUT2D eigenvalue weighted by Crippen LogP contribution is 2.40. The maximum absolute atomic E-state index is 14.1. The summed E-state index contributed by atoms with van der Waals surface area (Å²) < 4.78 is 36.8. The monoisotopic (exact) mass is 342 g/mol. The predicted molar refractivity (Wildman–Crippen MR) is 89.6 cm³/mol. The van der Waals surface area contributed by atoms with Crippen molar-refractivity contribution in [3.63, 3.8) is 0 Å². The number of sulfonamides is 1. The van der Waals surface area contributed by atoms with E-state index in [1.807, 2.05) is 12.1 Å². The molecule has 2 N–H and O–H groups in total. The Morgan fingerprint density at radius 2 is 1.58 bits per heavy atom. The summed E-state index contributed by atoms with van der Waals surface area (Å²) in [4.78, 5) is -0.496. The van der Waals surface area contributed by atoms with Crippen LogP contribution in [0.5, 0.6) is 0 Å². The third-order valence-corrected chi connectivity index (χ3v) is 5.11. The lowest BCUT2D eigenvalue weighted by molar-refractivity contribution is 0.568. The zero-order valence-corrected chi connectivity index (χ0v) is 13.6. The molecule has 0 aliphatic heterocycles. The van der Waals surface area contributed by atoms with Crippen LogP contribution < -0.4 is 5.14 Å². The SMILES string of the molecule is N#Cc1ccc(C2=C(c3ccc(S(N)(=O)=O)c(F)c3)CCC2)cc1. The third kappa shape index (κ3) is 3.09. The third-order valence-electron chi connectivity index (χ3n) is 4.17. The standard InChI is InChI=1S/C18H15FN2O2S/c19-17-10-14(8-9-18(17)24(21,22)23)16-3-1-2-15(16)13-6-4-12(11-20)5-7-13/h4-10H,1-3H2,(H2,21,22,23). The molecular weight excluding hydrogens is 327 g/mol. The van der Waals surface area contributed by atoms with Crippen LogP contribution in [-0.4, -0.2) is 8.42 Å². The first kappa shape index (κ1) is 16.4. The summed E-state index contributed by atoms with van der Waals surface area (Å²) in [6, 6.07) is 13.4. The van der Waals surface area contributed by atoms with Gasteiger partial charge in [0.1, 0.15) is 10.7 Å². The van der Waals surface area contributed by atoms with E-state index in [1.165, 1.54) is 12.1 Å². The van der Waals surface area contributed by atoms with Crippen LogP contribution >= 0.6 is 0 Å². The number of nitriles is 1. The Balaban J connectivity index is 2.06. The van der Waals surface area contributed by atoms with Crippen molar-refractivity contribution in [3.8, 4) is 6.07 Å². The molecule has 6 heteroatoms. The number of hydrogen-bond donors (Lipinski definition) is 1. The van der Waals surface area contributed by atoms with Crippen LogP contribution in [0.3, 0.4) is 0 Å². The highest BCUT2D eigenvalue weighted by molar-refractivity contribution is 7.89. The van der Waals surface area contributed by atoms with Crippen molar-refractivity contribution >= 4 is 21.2 Å². The number of primary sulfonamides is 1. The number of allylic oxidation sites excluding steroid dienone is 2. The molecule has 2 aromatic carbocycles. The number of nitrogens with zero attached hydrogens (tertiary/aromatic N) is 1. The molecule has 0 saturated heterocycles. The molecule has 0 heterocycles. The minimum absolute atomic E-state index is 0.496. The van der Waals surface area contributed by atoms with Crippen LogP contribution in [0.25, 0.3) is 11.1 Å². The van der Waals surface area contributed by atoms with Gasteiger partial charge in [-0.1, -0.05) is 18.2 Å². The van der Waals surface area contributed by atoms with Crippen molar-refractivity contribution < 1.29 is 12.8 Å². The van der Waals surface area contributed by atoms with Crippen molar-refractivity contribution in [2.24, 2.45) is 5.14 Å². The van der Waals surface area contributed by atoms with E-state index in [0.29, 0.717) is 11.1 Å². The highest BCUT2D eigenvalue weighted by atomic mass is 32.2. The van der Waals surface area contributed by atoms with E-state index in [0.717, 1.165) is 36.0 Å². The number of halogens is 1. The average molecular weight is 342 g/mol. The van der Waals surface area contributed by atoms with Gasteiger partial charge in [0.15, 0.2) is 0 Å². The molecule has 0 atom stereocenters. The van der Waals surface area contributed by atoms with Crippen LogP contribution in [0, 0.1) is 17.1 Å². The Labute approximate surface area is 140 Å². The lowest BCUT2D eigenvalue weighted by Gasteiger charge is -2.10. The van der Waals surface area contributed by atoms with E-state index in [2.05, 4.69) is 6.07 Å². The molecule has 0 radical (unpaired) electrons. The summed E-state index contributed by atoms with van der Waals surface area (Å²) in [6.07, 6.45) is 2.60. The van der Waals surface area contributed by atoms with Gasteiger partial charge in [0.2, 0.25) is 10.0 Å². The van der Waals surface area contributed by atoms with Crippen LogP contribution in [-0.2, 0) is 10.0 Å². The lowest BCUT2D eigenvalue weighted by atomic mass is 9.96. The van der Waals surface area contributed by atoms with Gasteiger partial charge in [-0.2, -0.15) is 5.26 Å². The first-order valence-electron chi connectivity index (χ1n) is 7.45. The van der Waals surface area contributed by atoms with Gasteiger partial charge >= 0.3 is 0 Å². The second-order valence-corrected chi connectivity index (χ2v) is 7.22. The largest absolute Gasteiger partial charge is 0.240 e. The Bertz CT molecular complexity index is 971. The molecule has 0 bridgehead atoms. The summed E-state index contributed by atoms with van der Waals surface area (Å²) in [7, 11) is -4.07. The van der Waals surface area contributed by atoms with Crippen LogP contribution in [0.4, 0.5) is 4.39 Å². The molecule has 0 unspecified atom stereocenters. The minimum atomic E-state index is -4.07. The second-order valence-electron chi connectivity index (χ2n) is 5.69. The fourth-order valence-corrected chi connectivity index (χ4v) is 3.63. The van der Waals surface area contributed by atoms with Crippen molar-refractivity contribution in [2.75, 3.05) is 0 Å². The van der Waals surface area contributed by atoms with Gasteiger partial charge in [0.25, 0.3) is 0 Å². The van der Waals surface area contributed by atoms with Crippen LogP contribution in [0.1, 0.15) is 36.0 Å². The molecule has 0 saturated carbocycles. The topological polar surface area (TPSA) is 83.9 Å². The second kappa shape index (κ2) is 6.19. The molecule has 0 spiro atoms. The number of benzene rings is 2. The Morgan fingerprint density at radius 1 is 1.00 bits per heavy atom. The molecule has 3 rings (SSSR count). The van der Waals surface area contributed by atoms with Gasteiger partial charge in [0, 0.05) is 0 Å². The average Bonchev–Trinajstić information content (AvgIpc) is 3.03. The van der Waals surface area contributed by atoms with Gasteiger partial charge < -0.3 is 0 Å². The van der Waals surface area contributed by atoms with E-state index < -0.39 is 20.7 Å². The number of nitrogens with two attached hydrogens (primary N) is 1. The summed E-state index contributed by atoms with van der Waals surface area (Å²) in [5, 5.41) is 13.9. The molecule has 1 aliphatic carbocycles. The quantitative estimate of drug-likeness (QED) is 0.927. The Morgan fingerprint density at radius 3 is 2.12 bits per heavy atom. The predicted octanol–water partition coefficient (Wildman–Crippen LogP) is 3.44. The molecule has 0 amide bonds. The Kier molecular flexibility index (Phi) is 4.22. The zero-order valence-electron chi connectivity index (χ0n) is 12.8. The zero-order chi connectivity index (χ0) is 17.3. The van der Waals surface area contributed by atoms with Crippen molar-refractivity contribution in [2.45, 2.75) is 24.2 Å². The van der Waals surface area contributed by atoms with E-state index in [1.54, 1.807) is 18.2 Å². The van der Waals surface area contributed by atoms with E-state index >= 15 is 0 Å². The lowest BCUT2D eigenvalue weighted by Crippen LogP contribution is -2.14. The number of hydrogen-bond acceptors (Lipinski definition) is 3. The van der Waals surface area contributed by atoms with Crippen molar-refractivity contribution in [1.82, 2.24) is 0 Å². The fourth-order valence-electron chi connectivity index (χ4n) is 3.05. The molecule has 0 aromatic heterocycles. The maximum atomic E-state index is 14.1. The summed E-state index contributed by atoms with van der Waals surface area (Å²) >= 11 is 0. The summed E-state index contributed by atoms with van der Waals surface area (Å²) in [6.45, 7) is 0. The molecule has 24 heavy (non-hydrogen) atoms. The molecule has 1 aliphatic rings. The summed E-state index contributed by atoms with van der Waals surface area (Å²) in [5.41, 5.74) is 4.35. The van der Waals surface area contributed by atoms with Gasteiger partial charge in [-0.25, -0.2) is 17.9 Å². The fraction of sp³-hybridized carbons (Fsp3) is 0.167. The summed E-state index contributed by atoms with van der Waals surface area (Å²) in [5.74, 6) is -0.839. The smallest absolute Gasteiger partial charge is 0.225 e. The van der Waals surface area contributed by atoms with E-state index in [4.69, 9.17) is 10.4 Å².